The summed E-state index contributed by atoms with van der Waals surface area (Å²) in [5.41, 5.74) is 4.75. The van der Waals surface area contributed by atoms with E-state index in [1.807, 2.05) is 42.5 Å². The number of rotatable bonds is 2. The van der Waals surface area contributed by atoms with Gasteiger partial charge in [-0.25, -0.2) is 9.97 Å². The van der Waals surface area contributed by atoms with Crippen LogP contribution in [-0.2, 0) is 6.54 Å². The lowest BCUT2D eigenvalue weighted by Crippen LogP contribution is -2.00. The topological polar surface area (TPSA) is 30.7 Å². The third-order valence-corrected chi connectivity index (χ3v) is 4.21. The van der Waals surface area contributed by atoms with Crippen LogP contribution in [-0.4, -0.2) is 19.9 Å². The molecule has 0 spiro atoms. The molecule has 0 fully saturated rings. The van der Waals surface area contributed by atoms with Crippen molar-refractivity contribution in [1.82, 2.24) is 14.5 Å². The van der Waals surface area contributed by atoms with Crippen molar-refractivity contribution in [3.63, 3.8) is 0 Å². The zero-order valence-corrected chi connectivity index (χ0v) is 13.4. The number of alkyl halides is 1. The van der Waals surface area contributed by atoms with Gasteiger partial charge >= 0.3 is 0 Å². The molecule has 0 bridgehead atoms. The van der Waals surface area contributed by atoms with Gasteiger partial charge in [-0.15, -0.1) is 0 Å². The molecular weight excluding hydrogens is 350 g/mol. The number of halogens is 2. The molecule has 0 radical (unpaired) electrons. The first-order chi connectivity index (χ1) is 10.3. The van der Waals surface area contributed by atoms with E-state index in [0.717, 1.165) is 50.0 Å². The Hall–Kier alpha value is -1.65. The number of aryl methyl sites for hydroxylation is 1. The molecule has 5 heteroatoms. The van der Waals surface area contributed by atoms with Gasteiger partial charge < -0.3 is 4.57 Å². The summed E-state index contributed by atoms with van der Waals surface area (Å²) in [6.07, 6.45) is 0. The smallest absolute Gasteiger partial charge is 0.160 e. The predicted molar refractivity (Wildman–Crippen MR) is 91.3 cm³/mol. The number of aromatic nitrogens is 3. The third-order valence-electron chi connectivity index (χ3n) is 3.62. The van der Waals surface area contributed by atoms with Crippen molar-refractivity contribution in [3.05, 3.63) is 47.5 Å². The van der Waals surface area contributed by atoms with Crippen molar-refractivity contribution in [2.75, 3.05) is 5.33 Å². The second-order valence-electron chi connectivity index (χ2n) is 4.89. The first kappa shape index (κ1) is 13.0. The van der Waals surface area contributed by atoms with Crippen LogP contribution in [0.25, 0.3) is 33.1 Å². The Kier molecular flexibility index (Phi) is 3.08. The molecule has 2 aromatic heterocycles. The molecule has 0 N–H and O–H groups in total. The number of nitrogens with zero attached hydrogens (tertiary/aromatic N) is 3. The van der Waals surface area contributed by atoms with Crippen molar-refractivity contribution in [3.8, 4) is 0 Å². The highest BCUT2D eigenvalue weighted by Gasteiger charge is 2.14. The van der Waals surface area contributed by atoms with E-state index >= 15 is 0 Å². The monoisotopic (exact) mass is 359 g/mol. The lowest BCUT2D eigenvalue weighted by atomic mass is 10.2. The molecule has 2 aromatic carbocycles. The molecule has 0 saturated carbocycles. The van der Waals surface area contributed by atoms with Crippen LogP contribution >= 0.6 is 27.5 Å². The van der Waals surface area contributed by atoms with E-state index in [9.17, 15) is 0 Å². The SMILES string of the molecule is Clc1ccc2c(c1)c1nc3ccccc3nc1n2CCBr. The van der Waals surface area contributed by atoms with Gasteiger partial charge in [0.25, 0.3) is 0 Å². The van der Waals surface area contributed by atoms with Gasteiger partial charge in [0.15, 0.2) is 5.65 Å². The second-order valence-corrected chi connectivity index (χ2v) is 6.12. The van der Waals surface area contributed by atoms with E-state index in [4.69, 9.17) is 21.6 Å². The van der Waals surface area contributed by atoms with Gasteiger partial charge in [-0.2, -0.15) is 0 Å². The first-order valence-corrected chi connectivity index (χ1v) is 8.18. The van der Waals surface area contributed by atoms with E-state index in [2.05, 4.69) is 20.5 Å². The van der Waals surface area contributed by atoms with E-state index in [-0.39, 0.29) is 0 Å². The average Bonchev–Trinajstić information content (AvgIpc) is 2.79. The largest absolute Gasteiger partial charge is 0.323 e. The summed E-state index contributed by atoms with van der Waals surface area (Å²) in [6.45, 7) is 0.842. The molecule has 0 saturated heterocycles. The molecule has 0 unspecified atom stereocenters. The minimum Gasteiger partial charge on any atom is -0.323 e. The second kappa shape index (κ2) is 4.97. The van der Waals surface area contributed by atoms with E-state index in [1.54, 1.807) is 0 Å². The highest BCUT2D eigenvalue weighted by molar-refractivity contribution is 9.09. The van der Waals surface area contributed by atoms with Gasteiger partial charge in [-0.1, -0.05) is 39.7 Å². The third kappa shape index (κ3) is 2.01. The van der Waals surface area contributed by atoms with Crippen LogP contribution in [0.4, 0.5) is 0 Å². The van der Waals surface area contributed by atoms with Crippen molar-refractivity contribution in [1.29, 1.82) is 0 Å². The fourth-order valence-corrected chi connectivity index (χ4v) is 3.24. The molecule has 0 amide bonds. The van der Waals surface area contributed by atoms with Gasteiger partial charge in [-0.3, -0.25) is 0 Å². The molecule has 0 aliphatic heterocycles. The molecule has 4 rings (SSSR count). The van der Waals surface area contributed by atoms with Crippen LogP contribution in [0.3, 0.4) is 0 Å². The average molecular weight is 361 g/mol. The predicted octanol–water partition coefficient (Wildman–Crippen LogP) is 4.79. The Morgan fingerprint density at radius 3 is 2.57 bits per heavy atom. The van der Waals surface area contributed by atoms with Crippen LogP contribution in [0.5, 0.6) is 0 Å². The van der Waals surface area contributed by atoms with Crippen LogP contribution < -0.4 is 0 Å². The Bertz CT molecular complexity index is 977. The van der Waals surface area contributed by atoms with Gasteiger partial charge in [0.05, 0.1) is 16.6 Å². The van der Waals surface area contributed by atoms with Crippen LogP contribution in [0.2, 0.25) is 5.02 Å². The van der Waals surface area contributed by atoms with Crippen molar-refractivity contribution < 1.29 is 0 Å². The van der Waals surface area contributed by atoms with Gasteiger partial charge in [0.2, 0.25) is 0 Å². The summed E-state index contributed by atoms with van der Waals surface area (Å²) in [4.78, 5) is 9.59. The molecular formula is C16H11BrClN3. The Balaban J connectivity index is 2.22. The van der Waals surface area contributed by atoms with Gasteiger partial charge in [0.1, 0.15) is 5.52 Å². The maximum absolute atomic E-state index is 6.16. The van der Waals surface area contributed by atoms with Crippen molar-refractivity contribution in [2.45, 2.75) is 6.54 Å². The summed E-state index contributed by atoms with van der Waals surface area (Å²) in [6, 6.07) is 13.9. The molecule has 21 heavy (non-hydrogen) atoms. The summed E-state index contributed by atoms with van der Waals surface area (Å²) in [5.74, 6) is 0. The molecule has 0 aliphatic carbocycles. The van der Waals surface area contributed by atoms with E-state index in [1.165, 1.54) is 0 Å². The highest BCUT2D eigenvalue weighted by Crippen LogP contribution is 2.30. The molecule has 3 nitrogen and oxygen atoms in total. The Morgan fingerprint density at radius 1 is 1.05 bits per heavy atom. The number of benzene rings is 2. The lowest BCUT2D eigenvalue weighted by Gasteiger charge is -2.04. The summed E-state index contributed by atoms with van der Waals surface area (Å²) in [7, 11) is 0. The fraction of sp³-hybridized carbons (Fsp3) is 0.125. The van der Waals surface area contributed by atoms with Crippen LogP contribution in [0.15, 0.2) is 42.5 Å². The van der Waals surface area contributed by atoms with Gasteiger partial charge in [-0.05, 0) is 30.3 Å². The number of hydrogen-bond acceptors (Lipinski definition) is 2. The van der Waals surface area contributed by atoms with Crippen LogP contribution in [0, 0.1) is 0 Å². The summed E-state index contributed by atoms with van der Waals surface area (Å²) < 4.78 is 2.19. The number of para-hydroxylation sites is 2. The lowest BCUT2D eigenvalue weighted by molar-refractivity contribution is 0.832. The minimum absolute atomic E-state index is 0.718. The molecule has 4 aromatic rings. The quantitative estimate of drug-likeness (QED) is 0.481. The molecule has 0 aliphatic rings. The van der Waals surface area contributed by atoms with E-state index in [0.29, 0.717) is 0 Å². The standard InChI is InChI=1S/C16H11BrClN3/c17-7-8-21-14-6-5-10(18)9-11(14)15-16(21)20-13-4-2-1-3-12(13)19-15/h1-6,9H,7-8H2. The zero-order valence-electron chi connectivity index (χ0n) is 11.1. The highest BCUT2D eigenvalue weighted by atomic mass is 79.9. The van der Waals surface area contributed by atoms with E-state index < -0.39 is 0 Å². The fourth-order valence-electron chi connectivity index (χ4n) is 2.72. The number of hydrogen-bond donors (Lipinski definition) is 0. The van der Waals surface area contributed by atoms with Crippen LogP contribution in [0.1, 0.15) is 0 Å². The zero-order chi connectivity index (χ0) is 14.4. The number of fused-ring (bicyclic) bond motifs is 4. The normalized spacial score (nSPS) is 11.7. The van der Waals surface area contributed by atoms with Crippen molar-refractivity contribution in [2.24, 2.45) is 0 Å². The van der Waals surface area contributed by atoms with Gasteiger partial charge in [0, 0.05) is 22.3 Å². The minimum atomic E-state index is 0.718. The maximum atomic E-state index is 6.16. The Labute approximate surface area is 134 Å². The molecule has 104 valence electrons. The van der Waals surface area contributed by atoms with Crippen molar-refractivity contribution >= 4 is 60.6 Å². The Morgan fingerprint density at radius 2 is 1.81 bits per heavy atom. The summed E-state index contributed by atoms with van der Waals surface area (Å²) in [5, 5.41) is 2.63. The maximum Gasteiger partial charge on any atom is 0.160 e. The molecule has 2 heterocycles. The first-order valence-electron chi connectivity index (χ1n) is 6.68. The summed E-state index contributed by atoms with van der Waals surface area (Å²) >= 11 is 9.67. The molecule has 0 atom stereocenters.